The Kier molecular flexibility index (Phi) is 6.09. The summed E-state index contributed by atoms with van der Waals surface area (Å²) in [5.41, 5.74) is 3.68. The first-order valence-electron chi connectivity index (χ1n) is 9.32. The van der Waals surface area contributed by atoms with E-state index in [1.54, 1.807) is 26.0 Å². The van der Waals surface area contributed by atoms with Gasteiger partial charge in [0, 0.05) is 42.0 Å². The molecule has 1 aromatic heterocycles. The molecule has 2 N–H and O–H groups in total. The summed E-state index contributed by atoms with van der Waals surface area (Å²) in [6, 6.07) is 12.0. The number of rotatable bonds is 6. The molecule has 158 valence electrons. The number of amides is 1. The Morgan fingerprint density at radius 3 is 2.33 bits per heavy atom. The van der Waals surface area contributed by atoms with Gasteiger partial charge in [0.05, 0.1) is 10.5 Å². The van der Waals surface area contributed by atoms with Gasteiger partial charge in [-0.3, -0.25) is 4.79 Å². The van der Waals surface area contributed by atoms with Crippen molar-refractivity contribution in [1.29, 1.82) is 0 Å². The van der Waals surface area contributed by atoms with Crippen molar-refractivity contribution in [2.24, 2.45) is 0 Å². The van der Waals surface area contributed by atoms with Gasteiger partial charge in [-0.1, -0.05) is 0 Å². The monoisotopic (exact) mass is 430 g/mol. The molecule has 0 unspecified atom stereocenters. The van der Waals surface area contributed by atoms with Crippen LogP contribution >= 0.6 is 0 Å². The summed E-state index contributed by atoms with van der Waals surface area (Å²) >= 11 is 0. The molecule has 0 atom stereocenters. The Hall–Kier alpha value is -2.97. The number of hydrogen-bond donors (Lipinski definition) is 2. The standard InChI is InChI=1S/C22H23FN2O4S/c1-14-12-16(23)4-9-21(14)25-15(2)20(13-18(25)10-11-26)22(27)24-17-5-7-19(8-6-17)30(3,28)29/h4-9,12-13,26H,10-11H2,1-3H3,(H,24,27). The van der Waals surface area contributed by atoms with Crippen LogP contribution in [0.25, 0.3) is 5.69 Å². The van der Waals surface area contributed by atoms with Gasteiger partial charge >= 0.3 is 0 Å². The van der Waals surface area contributed by atoms with E-state index in [1.807, 2.05) is 4.57 Å². The average Bonchev–Trinajstić information content (AvgIpc) is 2.98. The van der Waals surface area contributed by atoms with Crippen LogP contribution in [0.3, 0.4) is 0 Å². The largest absolute Gasteiger partial charge is 0.396 e. The van der Waals surface area contributed by atoms with Gasteiger partial charge in [-0.05, 0) is 67.9 Å². The highest BCUT2D eigenvalue weighted by molar-refractivity contribution is 7.90. The van der Waals surface area contributed by atoms with Crippen LogP contribution in [0.2, 0.25) is 0 Å². The average molecular weight is 431 g/mol. The van der Waals surface area contributed by atoms with E-state index >= 15 is 0 Å². The fourth-order valence-corrected chi connectivity index (χ4v) is 4.02. The highest BCUT2D eigenvalue weighted by atomic mass is 32.2. The molecule has 0 bridgehead atoms. The van der Waals surface area contributed by atoms with E-state index in [0.29, 0.717) is 28.9 Å². The highest BCUT2D eigenvalue weighted by Gasteiger charge is 2.20. The van der Waals surface area contributed by atoms with Crippen LogP contribution in [-0.4, -0.2) is 36.9 Å². The number of hydrogen-bond acceptors (Lipinski definition) is 4. The van der Waals surface area contributed by atoms with Crippen LogP contribution in [0, 0.1) is 19.7 Å². The number of carbonyl (C=O) groups is 1. The Bertz CT molecular complexity index is 1200. The number of carbonyl (C=O) groups excluding carboxylic acids is 1. The second kappa shape index (κ2) is 8.41. The van der Waals surface area contributed by atoms with E-state index in [0.717, 1.165) is 17.6 Å². The van der Waals surface area contributed by atoms with Crippen molar-refractivity contribution in [2.45, 2.75) is 25.2 Å². The van der Waals surface area contributed by atoms with E-state index in [2.05, 4.69) is 5.32 Å². The number of nitrogens with zero attached hydrogens (tertiary/aromatic N) is 1. The lowest BCUT2D eigenvalue weighted by Crippen LogP contribution is -2.13. The first kappa shape index (κ1) is 21.7. The van der Waals surface area contributed by atoms with E-state index in [1.165, 1.54) is 36.4 Å². The van der Waals surface area contributed by atoms with Crippen LogP contribution in [0.15, 0.2) is 53.4 Å². The molecule has 0 aliphatic heterocycles. The Morgan fingerprint density at radius 1 is 1.10 bits per heavy atom. The van der Waals surface area contributed by atoms with Gasteiger partial charge in [-0.25, -0.2) is 12.8 Å². The number of anilines is 1. The summed E-state index contributed by atoms with van der Waals surface area (Å²) in [6.07, 6.45) is 1.45. The lowest BCUT2D eigenvalue weighted by molar-refractivity contribution is 0.102. The smallest absolute Gasteiger partial charge is 0.257 e. The molecule has 0 saturated heterocycles. The number of nitrogens with one attached hydrogen (secondary N) is 1. The van der Waals surface area contributed by atoms with E-state index in [4.69, 9.17) is 0 Å². The third-order valence-electron chi connectivity index (χ3n) is 4.88. The Morgan fingerprint density at radius 2 is 1.77 bits per heavy atom. The summed E-state index contributed by atoms with van der Waals surface area (Å²) in [7, 11) is -3.32. The molecular weight excluding hydrogens is 407 g/mol. The molecule has 0 fully saturated rings. The molecule has 1 heterocycles. The summed E-state index contributed by atoms with van der Waals surface area (Å²) in [6.45, 7) is 3.46. The van der Waals surface area contributed by atoms with Crippen molar-refractivity contribution in [3.05, 3.63) is 76.9 Å². The second-order valence-electron chi connectivity index (χ2n) is 7.13. The fourth-order valence-electron chi connectivity index (χ4n) is 3.39. The van der Waals surface area contributed by atoms with Crippen LogP contribution in [0.1, 0.15) is 27.3 Å². The van der Waals surface area contributed by atoms with Crippen LogP contribution in [-0.2, 0) is 16.3 Å². The van der Waals surface area contributed by atoms with Gasteiger partial charge in [0.1, 0.15) is 5.82 Å². The molecule has 0 spiro atoms. The number of aromatic nitrogens is 1. The molecule has 0 aliphatic carbocycles. The second-order valence-corrected chi connectivity index (χ2v) is 9.14. The molecule has 2 aromatic carbocycles. The maximum atomic E-state index is 13.5. The molecule has 0 aliphatic rings. The minimum absolute atomic E-state index is 0.0995. The summed E-state index contributed by atoms with van der Waals surface area (Å²) < 4.78 is 38.5. The molecule has 8 heteroatoms. The molecule has 0 radical (unpaired) electrons. The number of sulfone groups is 1. The predicted octanol–water partition coefficient (Wildman–Crippen LogP) is 3.42. The van der Waals surface area contributed by atoms with Crippen molar-refractivity contribution in [3.8, 4) is 5.69 Å². The molecule has 0 saturated carbocycles. The summed E-state index contributed by atoms with van der Waals surface area (Å²) in [4.78, 5) is 13.1. The van der Waals surface area contributed by atoms with Crippen molar-refractivity contribution < 1.29 is 22.7 Å². The third kappa shape index (κ3) is 4.44. The van der Waals surface area contributed by atoms with Gasteiger partial charge in [0.15, 0.2) is 9.84 Å². The van der Waals surface area contributed by atoms with Crippen molar-refractivity contribution >= 4 is 21.4 Å². The van der Waals surface area contributed by atoms with E-state index < -0.39 is 9.84 Å². The first-order valence-corrected chi connectivity index (χ1v) is 11.2. The Balaban J connectivity index is 1.97. The SMILES string of the molecule is Cc1cc(F)ccc1-n1c(CCO)cc(C(=O)Nc2ccc(S(C)(=O)=O)cc2)c1C. The topological polar surface area (TPSA) is 88.4 Å². The summed E-state index contributed by atoms with van der Waals surface area (Å²) in [5.74, 6) is -0.711. The zero-order valence-electron chi connectivity index (χ0n) is 16.9. The van der Waals surface area contributed by atoms with Crippen molar-refractivity contribution in [1.82, 2.24) is 4.57 Å². The fraction of sp³-hybridized carbons (Fsp3) is 0.227. The number of halogens is 1. The first-order chi connectivity index (χ1) is 14.1. The molecule has 3 rings (SSSR count). The third-order valence-corrected chi connectivity index (χ3v) is 6.00. The van der Waals surface area contributed by atoms with Crippen molar-refractivity contribution in [2.75, 3.05) is 18.2 Å². The van der Waals surface area contributed by atoms with Gasteiger partial charge in [0.25, 0.3) is 5.91 Å². The predicted molar refractivity (Wildman–Crippen MR) is 113 cm³/mol. The number of aliphatic hydroxyl groups excluding tert-OH is 1. The van der Waals surface area contributed by atoms with Gasteiger partial charge < -0.3 is 15.0 Å². The van der Waals surface area contributed by atoms with Crippen molar-refractivity contribution in [3.63, 3.8) is 0 Å². The number of aliphatic hydroxyl groups is 1. The zero-order valence-corrected chi connectivity index (χ0v) is 17.8. The zero-order chi connectivity index (χ0) is 22.1. The highest BCUT2D eigenvalue weighted by Crippen LogP contribution is 2.26. The maximum Gasteiger partial charge on any atom is 0.257 e. The lowest BCUT2D eigenvalue weighted by Gasteiger charge is -2.14. The minimum atomic E-state index is -3.32. The summed E-state index contributed by atoms with van der Waals surface area (Å²) in [5, 5.41) is 12.2. The van der Waals surface area contributed by atoms with E-state index in [-0.39, 0.29) is 23.2 Å². The van der Waals surface area contributed by atoms with Gasteiger partial charge in [-0.2, -0.15) is 0 Å². The molecule has 6 nitrogen and oxygen atoms in total. The van der Waals surface area contributed by atoms with E-state index in [9.17, 15) is 22.7 Å². The molecule has 3 aromatic rings. The molecular formula is C22H23FN2O4S. The number of benzene rings is 2. The number of aryl methyl sites for hydroxylation is 1. The van der Waals surface area contributed by atoms with Gasteiger partial charge in [0.2, 0.25) is 0 Å². The maximum absolute atomic E-state index is 13.5. The minimum Gasteiger partial charge on any atom is -0.396 e. The molecule has 1 amide bonds. The lowest BCUT2D eigenvalue weighted by atomic mass is 10.2. The van der Waals surface area contributed by atoms with Gasteiger partial charge in [-0.15, -0.1) is 0 Å². The Labute approximate surface area is 174 Å². The normalized spacial score (nSPS) is 11.5. The van der Waals surface area contributed by atoms with Crippen LogP contribution in [0.4, 0.5) is 10.1 Å². The van der Waals surface area contributed by atoms with Crippen LogP contribution < -0.4 is 5.32 Å². The van der Waals surface area contributed by atoms with Crippen LogP contribution in [0.5, 0.6) is 0 Å². The quantitative estimate of drug-likeness (QED) is 0.627. The molecule has 30 heavy (non-hydrogen) atoms.